The van der Waals surface area contributed by atoms with Gasteiger partial charge in [0.2, 0.25) is 5.13 Å². The molecule has 0 aromatic carbocycles. The smallest absolute Gasteiger partial charge is 0.316 e. The van der Waals surface area contributed by atoms with Gasteiger partial charge in [0.25, 0.3) is 0 Å². The molecular weight excluding hydrogens is 298 g/mol. The van der Waals surface area contributed by atoms with Gasteiger partial charge in [-0.25, -0.2) is 9.97 Å². The zero-order chi connectivity index (χ0) is 15.5. The molecule has 2 aromatic heterocycles. The van der Waals surface area contributed by atoms with E-state index in [1.165, 1.54) is 0 Å². The molecule has 1 atom stereocenters. The standard InChI is InChI=1S/C15H21N5OS/c1-10(2)13-18-19-15(22-13)20-6-4-5-12(9-20)21-14-16-7-11(3)8-17-14/h7-8,10,12H,4-6,9H2,1-3H3. The van der Waals surface area contributed by atoms with Crippen LogP contribution in [-0.2, 0) is 0 Å². The number of aromatic nitrogens is 4. The summed E-state index contributed by atoms with van der Waals surface area (Å²) in [6.07, 6.45) is 5.75. The lowest BCUT2D eigenvalue weighted by Gasteiger charge is -2.31. The molecular formula is C15H21N5OS. The second kappa shape index (κ2) is 6.56. The third-order valence-electron chi connectivity index (χ3n) is 3.60. The lowest BCUT2D eigenvalue weighted by Crippen LogP contribution is -2.41. The molecule has 0 bridgehead atoms. The summed E-state index contributed by atoms with van der Waals surface area (Å²) in [7, 11) is 0. The third-order valence-corrected chi connectivity index (χ3v) is 4.89. The molecule has 3 rings (SSSR count). The maximum absolute atomic E-state index is 5.91. The van der Waals surface area contributed by atoms with Crippen LogP contribution in [0.3, 0.4) is 0 Å². The fourth-order valence-corrected chi connectivity index (χ4v) is 3.27. The fraction of sp³-hybridized carbons (Fsp3) is 0.600. The van der Waals surface area contributed by atoms with E-state index in [0.29, 0.717) is 11.9 Å². The van der Waals surface area contributed by atoms with Crippen molar-refractivity contribution in [3.63, 3.8) is 0 Å². The molecule has 0 radical (unpaired) electrons. The molecule has 22 heavy (non-hydrogen) atoms. The zero-order valence-corrected chi connectivity index (χ0v) is 14.0. The van der Waals surface area contributed by atoms with E-state index in [4.69, 9.17) is 4.74 Å². The van der Waals surface area contributed by atoms with Crippen LogP contribution >= 0.6 is 11.3 Å². The van der Waals surface area contributed by atoms with Gasteiger partial charge < -0.3 is 9.64 Å². The van der Waals surface area contributed by atoms with Crippen molar-refractivity contribution in [1.29, 1.82) is 0 Å². The van der Waals surface area contributed by atoms with Gasteiger partial charge in [-0.1, -0.05) is 25.2 Å². The number of hydrogen-bond acceptors (Lipinski definition) is 7. The third kappa shape index (κ3) is 3.52. The van der Waals surface area contributed by atoms with Crippen LogP contribution in [0.15, 0.2) is 12.4 Å². The number of anilines is 1. The Labute approximate surface area is 134 Å². The molecule has 1 aliphatic rings. The topological polar surface area (TPSA) is 64.0 Å². The molecule has 0 aliphatic carbocycles. The Balaban J connectivity index is 1.64. The van der Waals surface area contributed by atoms with Gasteiger partial charge in [0.05, 0.1) is 6.54 Å². The van der Waals surface area contributed by atoms with Gasteiger partial charge in [-0.05, 0) is 25.3 Å². The molecule has 0 N–H and O–H groups in total. The highest BCUT2D eigenvalue weighted by atomic mass is 32.1. The summed E-state index contributed by atoms with van der Waals surface area (Å²) in [6.45, 7) is 8.06. The van der Waals surface area contributed by atoms with Crippen LogP contribution in [0.4, 0.5) is 5.13 Å². The SMILES string of the molecule is Cc1cnc(OC2CCCN(c3nnc(C(C)C)s3)C2)nc1. The Morgan fingerprint density at radius 2 is 2.05 bits per heavy atom. The molecule has 0 spiro atoms. The van der Waals surface area contributed by atoms with Crippen LogP contribution in [0, 0.1) is 6.92 Å². The van der Waals surface area contributed by atoms with Crippen molar-refractivity contribution in [3.8, 4) is 6.01 Å². The van der Waals surface area contributed by atoms with Crippen molar-refractivity contribution >= 4 is 16.5 Å². The monoisotopic (exact) mass is 319 g/mol. The van der Waals surface area contributed by atoms with Crippen LogP contribution in [0.1, 0.15) is 43.2 Å². The second-order valence-electron chi connectivity index (χ2n) is 5.95. The quantitative estimate of drug-likeness (QED) is 0.863. The van der Waals surface area contributed by atoms with E-state index in [0.717, 1.165) is 41.6 Å². The average molecular weight is 319 g/mol. The fourth-order valence-electron chi connectivity index (χ4n) is 2.39. The van der Waals surface area contributed by atoms with Crippen molar-refractivity contribution in [2.75, 3.05) is 18.0 Å². The number of piperidine rings is 1. The van der Waals surface area contributed by atoms with Crippen molar-refractivity contribution in [2.24, 2.45) is 0 Å². The Kier molecular flexibility index (Phi) is 4.52. The van der Waals surface area contributed by atoms with Gasteiger partial charge in [0.1, 0.15) is 11.1 Å². The van der Waals surface area contributed by atoms with Gasteiger partial charge in [-0.3, -0.25) is 0 Å². The molecule has 7 heteroatoms. The Hall–Kier alpha value is -1.76. The summed E-state index contributed by atoms with van der Waals surface area (Å²) < 4.78 is 5.91. The number of nitrogens with zero attached hydrogens (tertiary/aromatic N) is 5. The van der Waals surface area contributed by atoms with Crippen LogP contribution in [0.2, 0.25) is 0 Å². The summed E-state index contributed by atoms with van der Waals surface area (Å²) in [6, 6.07) is 0.456. The summed E-state index contributed by atoms with van der Waals surface area (Å²) in [4.78, 5) is 10.7. The van der Waals surface area contributed by atoms with Crippen LogP contribution in [0.5, 0.6) is 6.01 Å². The average Bonchev–Trinajstić information content (AvgIpc) is 3.00. The summed E-state index contributed by atoms with van der Waals surface area (Å²) in [5.74, 6) is 0.420. The molecule has 2 aromatic rings. The van der Waals surface area contributed by atoms with Crippen molar-refractivity contribution < 1.29 is 4.74 Å². The molecule has 118 valence electrons. The maximum Gasteiger partial charge on any atom is 0.316 e. The molecule has 1 saturated heterocycles. The number of rotatable bonds is 4. The van der Waals surface area contributed by atoms with E-state index in [-0.39, 0.29) is 6.10 Å². The highest BCUT2D eigenvalue weighted by molar-refractivity contribution is 7.15. The van der Waals surface area contributed by atoms with Gasteiger partial charge in [-0.2, -0.15) is 0 Å². The normalized spacial score (nSPS) is 18.7. The minimum atomic E-state index is 0.0999. The predicted octanol–water partition coefficient (Wildman–Crippen LogP) is 2.81. The first-order valence-electron chi connectivity index (χ1n) is 7.65. The lowest BCUT2D eigenvalue weighted by atomic mass is 10.1. The lowest BCUT2D eigenvalue weighted by molar-refractivity contribution is 0.164. The van der Waals surface area contributed by atoms with Crippen LogP contribution in [0.25, 0.3) is 0 Å². The molecule has 0 saturated carbocycles. The first-order valence-corrected chi connectivity index (χ1v) is 8.47. The Morgan fingerprint density at radius 1 is 1.27 bits per heavy atom. The van der Waals surface area contributed by atoms with Crippen LogP contribution < -0.4 is 9.64 Å². The van der Waals surface area contributed by atoms with Gasteiger partial charge in [0.15, 0.2) is 0 Å². The highest BCUT2D eigenvalue weighted by Crippen LogP contribution is 2.28. The Bertz CT molecular complexity index is 613. The largest absolute Gasteiger partial charge is 0.458 e. The second-order valence-corrected chi connectivity index (χ2v) is 6.94. The molecule has 3 heterocycles. The van der Waals surface area contributed by atoms with E-state index in [2.05, 4.69) is 38.9 Å². The molecule has 1 aliphatic heterocycles. The van der Waals surface area contributed by atoms with Crippen molar-refractivity contribution in [2.45, 2.75) is 45.6 Å². The number of ether oxygens (including phenoxy) is 1. The van der Waals surface area contributed by atoms with E-state index in [9.17, 15) is 0 Å². The maximum atomic E-state index is 5.91. The van der Waals surface area contributed by atoms with E-state index < -0.39 is 0 Å². The van der Waals surface area contributed by atoms with Gasteiger partial charge >= 0.3 is 6.01 Å². The molecule has 1 fully saturated rings. The minimum Gasteiger partial charge on any atom is -0.458 e. The summed E-state index contributed by atoms with van der Waals surface area (Å²) in [5.41, 5.74) is 1.03. The van der Waals surface area contributed by atoms with Crippen molar-refractivity contribution in [1.82, 2.24) is 20.2 Å². The number of hydrogen-bond donors (Lipinski definition) is 0. The first-order chi connectivity index (χ1) is 10.6. The molecule has 0 amide bonds. The molecule has 1 unspecified atom stereocenters. The molecule has 6 nitrogen and oxygen atoms in total. The van der Waals surface area contributed by atoms with E-state index >= 15 is 0 Å². The highest BCUT2D eigenvalue weighted by Gasteiger charge is 2.25. The van der Waals surface area contributed by atoms with E-state index in [1.54, 1.807) is 23.7 Å². The Morgan fingerprint density at radius 3 is 2.73 bits per heavy atom. The summed E-state index contributed by atoms with van der Waals surface area (Å²) in [5, 5.41) is 10.7. The van der Waals surface area contributed by atoms with Gasteiger partial charge in [0, 0.05) is 24.9 Å². The predicted molar refractivity (Wildman–Crippen MR) is 86.6 cm³/mol. The van der Waals surface area contributed by atoms with Crippen LogP contribution in [-0.4, -0.2) is 39.4 Å². The van der Waals surface area contributed by atoms with Crippen molar-refractivity contribution in [3.05, 3.63) is 23.0 Å². The van der Waals surface area contributed by atoms with Gasteiger partial charge in [-0.15, -0.1) is 10.2 Å². The minimum absolute atomic E-state index is 0.0999. The summed E-state index contributed by atoms with van der Waals surface area (Å²) >= 11 is 1.67. The van der Waals surface area contributed by atoms with E-state index in [1.807, 2.05) is 6.92 Å². The number of aryl methyl sites for hydroxylation is 1. The zero-order valence-electron chi connectivity index (χ0n) is 13.2. The first kappa shape index (κ1) is 15.1.